The zero-order chi connectivity index (χ0) is 18.2. The van der Waals surface area contributed by atoms with E-state index in [1.54, 1.807) is 37.5 Å². The van der Waals surface area contributed by atoms with E-state index in [4.69, 9.17) is 9.47 Å². The maximum atomic E-state index is 12.5. The van der Waals surface area contributed by atoms with Crippen molar-refractivity contribution in [3.63, 3.8) is 0 Å². The summed E-state index contributed by atoms with van der Waals surface area (Å²) in [5.74, 6) is 1.07. The molecule has 3 heteroatoms. The van der Waals surface area contributed by atoms with Gasteiger partial charge in [-0.15, -0.1) is 0 Å². The van der Waals surface area contributed by atoms with Crippen molar-refractivity contribution in [2.24, 2.45) is 0 Å². The predicted molar refractivity (Wildman–Crippen MR) is 104 cm³/mol. The fraction of sp³-hybridized carbons (Fsp3) is 0.0870. The largest absolute Gasteiger partial charge is 0.493 e. The molecule has 0 saturated heterocycles. The number of rotatable bonds is 7. The molecule has 3 aromatic rings. The number of ether oxygens (including phenoxy) is 2. The van der Waals surface area contributed by atoms with Gasteiger partial charge in [0.2, 0.25) is 0 Å². The average Bonchev–Trinajstić information content (AvgIpc) is 2.71. The first kappa shape index (κ1) is 17.5. The molecule has 0 N–H and O–H groups in total. The standard InChI is InChI=1S/C23H20O3/c1-25-22-15-13-20(21(24)14-12-18-8-4-2-5-9-18)16-23(22)26-17-19-10-6-3-7-11-19/h2-16H,17H2,1H3. The third-order valence-corrected chi connectivity index (χ3v) is 3.91. The van der Waals surface area contributed by atoms with Crippen LogP contribution in [0.1, 0.15) is 21.5 Å². The molecular weight excluding hydrogens is 324 g/mol. The Hall–Kier alpha value is -3.33. The van der Waals surface area contributed by atoms with Gasteiger partial charge in [-0.25, -0.2) is 0 Å². The van der Waals surface area contributed by atoms with E-state index in [0.717, 1.165) is 11.1 Å². The molecule has 0 spiro atoms. The molecule has 0 aromatic heterocycles. The minimum absolute atomic E-state index is 0.0823. The van der Waals surface area contributed by atoms with Crippen LogP contribution in [0.15, 0.2) is 84.9 Å². The maximum Gasteiger partial charge on any atom is 0.185 e. The van der Waals surface area contributed by atoms with Gasteiger partial charge < -0.3 is 9.47 Å². The fourth-order valence-electron chi connectivity index (χ4n) is 2.51. The first-order chi connectivity index (χ1) is 12.8. The zero-order valence-electron chi connectivity index (χ0n) is 14.6. The highest BCUT2D eigenvalue weighted by Crippen LogP contribution is 2.29. The van der Waals surface area contributed by atoms with Gasteiger partial charge in [0, 0.05) is 5.56 Å². The lowest BCUT2D eigenvalue weighted by Gasteiger charge is -2.11. The average molecular weight is 344 g/mol. The molecule has 0 aliphatic carbocycles. The molecule has 130 valence electrons. The summed E-state index contributed by atoms with van der Waals surface area (Å²) in [6.07, 6.45) is 3.37. The molecule has 3 nitrogen and oxygen atoms in total. The van der Waals surface area contributed by atoms with Crippen molar-refractivity contribution in [1.82, 2.24) is 0 Å². The number of allylic oxidation sites excluding steroid dienone is 1. The summed E-state index contributed by atoms with van der Waals surface area (Å²) < 4.78 is 11.2. The van der Waals surface area contributed by atoms with Crippen LogP contribution in [0.4, 0.5) is 0 Å². The van der Waals surface area contributed by atoms with Crippen LogP contribution in [0.5, 0.6) is 11.5 Å². The highest BCUT2D eigenvalue weighted by Gasteiger charge is 2.10. The van der Waals surface area contributed by atoms with Gasteiger partial charge in [0.1, 0.15) is 6.61 Å². The number of benzene rings is 3. The number of hydrogen-bond donors (Lipinski definition) is 0. The number of ketones is 1. The number of hydrogen-bond acceptors (Lipinski definition) is 3. The van der Waals surface area contributed by atoms with Crippen LogP contribution in [0.2, 0.25) is 0 Å². The molecule has 0 saturated carbocycles. The topological polar surface area (TPSA) is 35.5 Å². The molecule has 0 radical (unpaired) electrons. The van der Waals surface area contributed by atoms with Crippen LogP contribution >= 0.6 is 0 Å². The predicted octanol–water partition coefficient (Wildman–Crippen LogP) is 5.17. The molecule has 0 amide bonds. The van der Waals surface area contributed by atoms with E-state index < -0.39 is 0 Å². The molecule has 0 bridgehead atoms. The van der Waals surface area contributed by atoms with E-state index >= 15 is 0 Å². The van der Waals surface area contributed by atoms with E-state index in [-0.39, 0.29) is 5.78 Å². The van der Waals surface area contributed by atoms with Crippen LogP contribution in [0.25, 0.3) is 6.08 Å². The molecule has 3 aromatic carbocycles. The third kappa shape index (κ3) is 4.61. The molecular formula is C23H20O3. The van der Waals surface area contributed by atoms with Crippen molar-refractivity contribution in [1.29, 1.82) is 0 Å². The van der Waals surface area contributed by atoms with Crippen LogP contribution in [-0.4, -0.2) is 12.9 Å². The van der Waals surface area contributed by atoms with Crippen molar-refractivity contribution in [2.75, 3.05) is 7.11 Å². The molecule has 3 rings (SSSR count). The van der Waals surface area contributed by atoms with E-state index in [9.17, 15) is 4.79 Å². The van der Waals surface area contributed by atoms with Crippen molar-refractivity contribution < 1.29 is 14.3 Å². The Morgan fingerprint density at radius 1 is 0.885 bits per heavy atom. The van der Waals surface area contributed by atoms with Crippen LogP contribution in [-0.2, 0) is 6.61 Å². The fourth-order valence-corrected chi connectivity index (χ4v) is 2.51. The summed E-state index contributed by atoms with van der Waals surface area (Å²) in [5, 5.41) is 0. The molecule has 0 aliphatic rings. The summed E-state index contributed by atoms with van der Waals surface area (Å²) >= 11 is 0. The second kappa shape index (κ2) is 8.67. The molecule has 0 aliphatic heterocycles. The van der Waals surface area contributed by atoms with E-state index in [0.29, 0.717) is 23.7 Å². The van der Waals surface area contributed by atoms with Gasteiger partial charge in [-0.2, -0.15) is 0 Å². The Morgan fingerprint density at radius 2 is 1.58 bits per heavy atom. The van der Waals surface area contributed by atoms with Crippen LogP contribution < -0.4 is 9.47 Å². The Bertz CT molecular complexity index is 884. The van der Waals surface area contributed by atoms with Gasteiger partial charge in [0.15, 0.2) is 17.3 Å². The summed E-state index contributed by atoms with van der Waals surface area (Å²) in [6, 6.07) is 24.8. The Morgan fingerprint density at radius 3 is 2.27 bits per heavy atom. The van der Waals surface area contributed by atoms with Crippen LogP contribution in [0, 0.1) is 0 Å². The minimum Gasteiger partial charge on any atom is -0.493 e. The number of methoxy groups -OCH3 is 1. The summed E-state index contributed by atoms with van der Waals surface area (Å²) in [7, 11) is 1.58. The van der Waals surface area contributed by atoms with Gasteiger partial charge in [-0.05, 0) is 35.4 Å². The van der Waals surface area contributed by atoms with Gasteiger partial charge in [0.05, 0.1) is 7.11 Å². The minimum atomic E-state index is -0.0823. The quantitative estimate of drug-likeness (QED) is 0.438. The summed E-state index contributed by atoms with van der Waals surface area (Å²) in [4.78, 5) is 12.5. The van der Waals surface area contributed by atoms with Crippen LogP contribution in [0.3, 0.4) is 0 Å². The molecule has 0 atom stereocenters. The first-order valence-electron chi connectivity index (χ1n) is 8.38. The molecule has 0 unspecified atom stereocenters. The highest BCUT2D eigenvalue weighted by atomic mass is 16.5. The third-order valence-electron chi connectivity index (χ3n) is 3.91. The molecule has 0 fully saturated rings. The Labute approximate surface area is 153 Å². The number of carbonyl (C=O) groups excluding carboxylic acids is 1. The van der Waals surface area contributed by atoms with Crippen molar-refractivity contribution >= 4 is 11.9 Å². The van der Waals surface area contributed by atoms with Gasteiger partial charge in [-0.1, -0.05) is 66.7 Å². The molecule has 26 heavy (non-hydrogen) atoms. The second-order valence-corrected chi connectivity index (χ2v) is 5.75. The second-order valence-electron chi connectivity index (χ2n) is 5.75. The van der Waals surface area contributed by atoms with Crippen molar-refractivity contribution in [2.45, 2.75) is 6.61 Å². The maximum absolute atomic E-state index is 12.5. The monoisotopic (exact) mass is 344 g/mol. The lowest BCUT2D eigenvalue weighted by Crippen LogP contribution is -2.00. The first-order valence-corrected chi connectivity index (χ1v) is 8.38. The summed E-state index contributed by atoms with van der Waals surface area (Å²) in [6.45, 7) is 0.411. The van der Waals surface area contributed by atoms with Crippen molar-refractivity contribution in [3.8, 4) is 11.5 Å². The Kier molecular flexibility index (Phi) is 5.84. The van der Waals surface area contributed by atoms with Gasteiger partial charge in [-0.3, -0.25) is 4.79 Å². The van der Waals surface area contributed by atoms with Crippen molar-refractivity contribution in [3.05, 3.63) is 102 Å². The zero-order valence-corrected chi connectivity index (χ0v) is 14.6. The Balaban J connectivity index is 1.75. The molecule has 0 heterocycles. The van der Waals surface area contributed by atoms with E-state index in [1.165, 1.54) is 0 Å². The normalized spacial score (nSPS) is 10.7. The lowest BCUT2D eigenvalue weighted by atomic mass is 10.1. The van der Waals surface area contributed by atoms with E-state index in [2.05, 4.69) is 0 Å². The number of carbonyl (C=O) groups is 1. The van der Waals surface area contributed by atoms with E-state index in [1.807, 2.05) is 60.7 Å². The smallest absolute Gasteiger partial charge is 0.185 e. The highest BCUT2D eigenvalue weighted by molar-refractivity contribution is 6.07. The lowest BCUT2D eigenvalue weighted by molar-refractivity contribution is 0.104. The van der Waals surface area contributed by atoms with Gasteiger partial charge in [0.25, 0.3) is 0 Å². The SMILES string of the molecule is COc1ccc(C(=O)C=Cc2ccccc2)cc1OCc1ccccc1. The van der Waals surface area contributed by atoms with Gasteiger partial charge >= 0.3 is 0 Å². The summed E-state index contributed by atoms with van der Waals surface area (Å²) in [5.41, 5.74) is 2.59.